The number of rotatable bonds is 6. The molecule has 23 heavy (non-hydrogen) atoms. The van der Waals surface area contributed by atoms with Crippen molar-refractivity contribution in [2.45, 2.75) is 31.9 Å². The Hall–Kier alpha value is -1.40. The molecule has 0 saturated carbocycles. The van der Waals surface area contributed by atoms with Crippen LogP contribution in [-0.2, 0) is 20.4 Å². The van der Waals surface area contributed by atoms with Crippen LogP contribution in [0.4, 0.5) is 5.69 Å². The lowest BCUT2D eigenvalue weighted by Crippen LogP contribution is -2.34. The minimum Gasteiger partial charge on any atom is -0.326 e. The predicted molar refractivity (Wildman–Crippen MR) is 93.0 cm³/mol. The first-order valence-corrected chi connectivity index (χ1v) is 10.2. The fourth-order valence-electron chi connectivity index (χ4n) is 3.08. The Kier molecular flexibility index (Phi) is 6.18. The molecule has 1 amide bonds. The summed E-state index contributed by atoms with van der Waals surface area (Å²) < 4.78 is 22.7. The second kappa shape index (κ2) is 7.93. The van der Waals surface area contributed by atoms with Crippen molar-refractivity contribution in [3.05, 3.63) is 29.8 Å². The van der Waals surface area contributed by atoms with Gasteiger partial charge in [-0.15, -0.1) is 0 Å². The van der Waals surface area contributed by atoms with Gasteiger partial charge in [0.05, 0.1) is 5.75 Å². The van der Waals surface area contributed by atoms with Crippen LogP contribution in [0.1, 0.15) is 31.7 Å². The van der Waals surface area contributed by atoms with Crippen LogP contribution in [0, 0.1) is 11.8 Å². The highest BCUT2D eigenvalue weighted by Crippen LogP contribution is 2.23. The molecule has 2 unspecified atom stereocenters. The first-order valence-electron chi connectivity index (χ1n) is 8.11. The van der Waals surface area contributed by atoms with Gasteiger partial charge >= 0.3 is 0 Å². The van der Waals surface area contributed by atoms with E-state index in [0.717, 1.165) is 13.1 Å². The second-order valence-corrected chi connectivity index (χ2v) is 8.75. The molecule has 0 aliphatic carbocycles. The molecular weight excluding hydrogens is 312 g/mol. The van der Waals surface area contributed by atoms with Crippen LogP contribution in [-0.4, -0.2) is 33.7 Å². The summed E-state index contributed by atoms with van der Waals surface area (Å²) in [5, 5.41) is 6.26. The van der Waals surface area contributed by atoms with E-state index >= 15 is 0 Å². The highest BCUT2D eigenvalue weighted by Gasteiger charge is 2.22. The van der Waals surface area contributed by atoms with Crippen LogP contribution in [0.5, 0.6) is 0 Å². The SMILES string of the molecule is CC(CC(=O)Nc1cccc(CS(C)(=O)=O)c1)C1CCCNC1. The van der Waals surface area contributed by atoms with E-state index in [1.165, 1.54) is 19.1 Å². The van der Waals surface area contributed by atoms with Gasteiger partial charge in [-0.25, -0.2) is 8.42 Å². The predicted octanol–water partition coefficient (Wildman–Crippen LogP) is 2.20. The van der Waals surface area contributed by atoms with Gasteiger partial charge in [0.1, 0.15) is 0 Å². The lowest BCUT2D eigenvalue weighted by atomic mass is 9.85. The second-order valence-electron chi connectivity index (χ2n) is 6.61. The standard InChI is InChI=1S/C17H26N2O3S/c1-13(15-6-4-8-18-11-15)9-17(20)19-16-7-3-5-14(10-16)12-23(2,21)22/h3,5,7,10,13,15,18H,4,6,8-9,11-12H2,1-2H3,(H,19,20). The van der Waals surface area contributed by atoms with Gasteiger partial charge in [-0.05, 0) is 55.5 Å². The summed E-state index contributed by atoms with van der Waals surface area (Å²) in [6, 6.07) is 7.04. The number of amides is 1. The van der Waals surface area contributed by atoms with Crippen molar-refractivity contribution >= 4 is 21.4 Å². The van der Waals surface area contributed by atoms with Gasteiger partial charge in [-0.3, -0.25) is 4.79 Å². The first-order chi connectivity index (χ1) is 10.8. The third kappa shape index (κ3) is 6.31. The molecule has 2 atom stereocenters. The molecule has 1 aliphatic heterocycles. The summed E-state index contributed by atoms with van der Waals surface area (Å²) in [7, 11) is -3.08. The van der Waals surface area contributed by atoms with E-state index in [1.54, 1.807) is 24.3 Å². The summed E-state index contributed by atoms with van der Waals surface area (Å²) in [6.45, 7) is 4.18. The maximum Gasteiger partial charge on any atom is 0.224 e. The van der Waals surface area contributed by atoms with Gasteiger partial charge in [0.15, 0.2) is 9.84 Å². The fraction of sp³-hybridized carbons (Fsp3) is 0.588. The lowest BCUT2D eigenvalue weighted by molar-refractivity contribution is -0.117. The Morgan fingerprint density at radius 2 is 2.22 bits per heavy atom. The summed E-state index contributed by atoms with van der Waals surface area (Å²) >= 11 is 0. The molecule has 5 nitrogen and oxygen atoms in total. The zero-order valence-corrected chi connectivity index (χ0v) is 14.7. The van der Waals surface area contributed by atoms with Crippen LogP contribution in [0.2, 0.25) is 0 Å². The van der Waals surface area contributed by atoms with Crippen LogP contribution in [0.15, 0.2) is 24.3 Å². The molecule has 1 saturated heterocycles. The van der Waals surface area contributed by atoms with E-state index < -0.39 is 9.84 Å². The quantitative estimate of drug-likeness (QED) is 0.834. The molecule has 1 aliphatic rings. The summed E-state index contributed by atoms with van der Waals surface area (Å²) in [5.41, 5.74) is 1.35. The molecule has 0 radical (unpaired) electrons. The third-order valence-corrected chi connectivity index (χ3v) is 5.14. The first kappa shape index (κ1) is 17.9. The van der Waals surface area contributed by atoms with Crippen molar-refractivity contribution in [3.8, 4) is 0 Å². The molecule has 1 fully saturated rings. The smallest absolute Gasteiger partial charge is 0.224 e. The highest BCUT2D eigenvalue weighted by atomic mass is 32.2. The number of nitrogens with one attached hydrogen (secondary N) is 2. The van der Waals surface area contributed by atoms with Crippen molar-refractivity contribution in [2.75, 3.05) is 24.7 Å². The maximum atomic E-state index is 12.2. The molecule has 1 aromatic rings. The zero-order valence-electron chi connectivity index (χ0n) is 13.8. The molecule has 128 valence electrons. The summed E-state index contributed by atoms with van der Waals surface area (Å²) in [4.78, 5) is 12.2. The average Bonchev–Trinajstić information content (AvgIpc) is 2.46. The molecule has 2 rings (SSSR count). The molecule has 0 spiro atoms. The maximum absolute atomic E-state index is 12.2. The Morgan fingerprint density at radius 3 is 2.87 bits per heavy atom. The average molecular weight is 338 g/mol. The number of carbonyl (C=O) groups is 1. The van der Waals surface area contributed by atoms with Crippen LogP contribution in [0.25, 0.3) is 0 Å². The summed E-state index contributed by atoms with van der Waals surface area (Å²) in [6.07, 6.45) is 4.04. The number of sulfone groups is 1. The van der Waals surface area contributed by atoms with E-state index in [0.29, 0.717) is 29.5 Å². The number of anilines is 1. The lowest BCUT2D eigenvalue weighted by Gasteiger charge is -2.28. The van der Waals surface area contributed by atoms with Crippen LogP contribution >= 0.6 is 0 Å². The van der Waals surface area contributed by atoms with Crippen molar-refractivity contribution in [2.24, 2.45) is 11.8 Å². The number of hydrogen-bond acceptors (Lipinski definition) is 4. The van der Waals surface area contributed by atoms with Gasteiger partial charge in [0.2, 0.25) is 5.91 Å². The van der Waals surface area contributed by atoms with Gasteiger partial charge in [0, 0.05) is 18.4 Å². The largest absolute Gasteiger partial charge is 0.326 e. The molecule has 1 aromatic carbocycles. The van der Waals surface area contributed by atoms with Crippen molar-refractivity contribution in [1.82, 2.24) is 5.32 Å². The van der Waals surface area contributed by atoms with Gasteiger partial charge < -0.3 is 10.6 Å². The Balaban J connectivity index is 1.90. The zero-order chi connectivity index (χ0) is 16.9. The fourth-order valence-corrected chi connectivity index (χ4v) is 3.86. The Labute approximate surface area is 138 Å². The van der Waals surface area contributed by atoms with Crippen LogP contribution < -0.4 is 10.6 Å². The van der Waals surface area contributed by atoms with Gasteiger partial charge in [-0.2, -0.15) is 0 Å². The normalized spacial score (nSPS) is 20.0. The molecule has 1 heterocycles. The molecule has 6 heteroatoms. The third-order valence-electron chi connectivity index (χ3n) is 4.29. The van der Waals surface area contributed by atoms with E-state index in [4.69, 9.17) is 0 Å². The minimum absolute atomic E-state index is 0.0130. The highest BCUT2D eigenvalue weighted by molar-refractivity contribution is 7.89. The monoisotopic (exact) mass is 338 g/mol. The Morgan fingerprint density at radius 1 is 1.43 bits per heavy atom. The molecule has 2 N–H and O–H groups in total. The topological polar surface area (TPSA) is 75.3 Å². The number of hydrogen-bond donors (Lipinski definition) is 2. The molecule has 0 aromatic heterocycles. The van der Waals surface area contributed by atoms with Crippen molar-refractivity contribution < 1.29 is 13.2 Å². The number of piperidine rings is 1. The van der Waals surface area contributed by atoms with Crippen molar-refractivity contribution in [1.29, 1.82) is 0 Å². The van der Waals surface area contributed by atoms with E-state index in [-0.39, 0.29) is 11.7 Å². The number of benzene rings is 1. The Bertz CT molecular complexity index is 637. The molecular formula is C17H26N2O3S. The van der Waals surface area contributed by atoms with E-state index in [9.17, 15) is 13.2 Å². The van der Waals surface area contributed by atoms with E-state index in [1.807, 2.05) is 0 Å². The molecule has 0 bridgehead atoms. The van der Waals surface area contributed by atoms with Gasteiger partial charge in [0.25, 0.3) is 0 Å². The number of carbonyl (C=O) groups excluding carboxylic acids is 1. The van der Waals surface area contributed by atoms with Crippen LogP contribution in [0.3, 0.4) is 0 Å². The van der Waals surface area contributed by atoms with Crippen molar-refractivity contribution in [3.63, 3.8) is 0 Å². The summed E-state index contributed by atoms with van der Waals surface area (Å²) in [5.74, 6) is 0.855. The van der Waals surface area contributed by atoms with E-state index in [2.05, 4.69) is 17.6 Å². The minimum atomic E-state index is -3.08. The van der Waals surface area contributed by atoms with Gasteiger partial charge in [-0.1, -0.05) is 19.1 Å².